The van der Waals surface area contributed by atoms with Crippen molar-refractivity contribution < 1.29 is 24.0 Å². The highest BCUT2D eigenvalue weighted by atomic mass is 16.2. The van der Waals surface area contributed by atoms with Crippen LogP contribution in [0, 0.1) is 5.92 Å². The van der Waals surface area contributed by atoms with E-state index in [2.05, 4.69) is 31.9 Å². The summed E-state index contributed by atoms with van der Waals surface area (Å²) in [5, 5.41) is 17.7. The van der Waals surface area contributed by atoms with Crippen LogP contribution in [-0.4, -0.2) is 85.3 Å². The smallest absolute Gasteiger partial charge is 0.247 e. The van der Waals surface area contributed by atoms with Crippen LogP contribution in [0.15, 0.2) is 60.7 Å². The quantitative estimate of drug-likeness (QED) is 0.167. The van der Waals surface area contributed by atoms with Crippen molar-refractivity contribution >= 4 is 29.5 Å². The maximum Gasteiger partial charge on any atom is 0.247 e. The third kappa shape index (κ3) is 9.13. The third-order valence-corrected chi connectivity index (χ3v) is 8.85. The maximum absolute atomic E-state index is 14.3. The number of hydrogen-bond acceptors (Lipinski definition) is 7. The van der Waals surface area contributed by atoms with E-state index >= 15 is 0 Å². The van der Waals surface area contributed by atoms with Crippen LogP contribution in [0.3, 0.4) is 0 Å². The van der Waals surface area contributed by atoms with E-state index in [4.69, 9.17) is 0 Å². The number of benzene rings is 2. The van der Waals surface area contributed by atoms with Crippen molar-refractivity contribution in [2.24, 2.45) is 5.92 Å². The van der Waals surface area contributed by atoms with Gasteiger partial charge < -0.3 is 36.8 Å². The van der Waals surface area contributed by atoms with Crippen LogP contribution >= 0.6 is 0 Å². The summed E-state index contributed by atoms with van der Waals surface area (Å²) in [6.07, 6.45) is 2.51. The van der Waals surface area contributed by atoms with E-state index in [1.54, 1.807) is 43.1 Å². The third-order valence-electron chi connectivity index (χ3n) is 8.85. The average Bonchev–Trinajstić information content (AvgIpc) is 3.45. The van der Waals surface area contributed by atoms with Gasteiger partial charge in [0, 0.05) is 45.1 Å². The Kier molecular flexibility index (Phi) is 12.7. The van der Waals surface area contributed by atoms with Crippen molar-refractivity contribution in [2.45, 2.75) is 76.3 Å². The Bertz CT molecular complexity index is 1340. The zero-order chi connectivity index (χ0) is 33.1. The van der Waals surface area contributed by atoms with E-state index in [9.17, 15) is 24.0 Å². The second-order valence-electron chi connectivity index (χ2n) is 12.1. The van der Waals surface area contributed by atoms with Crippen LogP contribution in [0.1, 0.15) is 56.7 Å². The zero-order valence-electron chi connectivity index (χ0n) is 26.9. The van der Waals surface area contributed by atoms with Crippen LogP contribution in [0.2, 0.25) is 0 Å². The summed E-state index contributed by atoms with van der Waals surface area (Å²) in [5.74, 6) is -1.78. The van der Waals surface area contributed by atoms with Gasteiger partial charge in [-0.3, -0.25) is 24.0 Å². The fourth-order valence-corrected chi connectivity index (χ4v) is 6.21. The lowest BCUT2D eigenvalue weighted by Gasteiger charge is -2.33. The highest BCUT2D eigenvalue weighted by Gasteiger charge is 2.48. The molecule has 0 aromatic heterocycles. The number of rotatable bonds is 14. The van der Waals surface area contributed by atoms with Gasteiger partial charge >= 0.3 is 0 Å². The zero-order valence-corrected chi connectivity index (χ0v) is 26.9. The molecule has 2 fully saturated rings. The Morgan fingerprint density at radius 1 is 0.870 bits per heavy atom. The minimum atomic E-state index is -0.992. The Morgan fingerprint density at radius 3 is 2.20 bits per heavy atom. The van der Waals surface area contributed by atoms with Crippen LogP contribution in [-0.2, 0) is 30.5 Å². The first-order chi connectivity index (χ1) is 22.2. The predicted octanol–water partition coefficient (Wildman–Crippen LogP) is 0.748. The normalized spacial score (nSPS) is 22.2. The van der Waals surface area contributed by atoms with Crippen molar-refractivity contribution in [1.29, 1.82) is 0 Å². The minimum Gasteiger partial charge on any atom is -0.355 e. The monoisotopic (exact) mass is 633 g/mol. The molecule has 6 N–H and O–H groups in total. The molecule has 0 radical (unpaired) electrons. The summed E-state index contributed by atoms with van der Waals surface area (Å²) < 4.78 is 0. The number of carbonyl (C=O) groups is 5. The Morgan fingerprint density at radius 2 is 1.52 bits per heavy atom. The van der Waals surface area contributed by atoms with E-state index in [0.717, 1.165) is 5.56 Å². The molecule has 0 bridgehead atoms. The molecule has 4 rings (SSSR count). The maximum atomic E-state index is 14.3. The molecule has 0 spiro atoms. The summed E-state index contributed by atoms with van der Waals surface area (Å²) in [4.78, 5) is 67.4. The summed E-state index contributed by atoms with van der Waals surface area (Å²) in [7, 11) is 1.69. The van der Waals surface area contributed by atoms with Crippen molar-refractivity contribution in [3.05, 3.63) is 71.8 Å². The first-order valence-electron chi connectivity index (χ1n) is 16.1. The lowest BCUT2D eigenvalue weighted by molar-refractivity contribution is -0.144. The molecule has 6 atom stereocenters. The van der Waals surface area contributed by atoms with Crippen molar-refractivity contribution in [2.75, 3.05) is 26.7 Å². The molecule has 0 aliphatic carbocycles. The molecule has 12 nitrogen and oxygen atoms in total. The van der Waals surface area contributed by atoms with Gasteiger partial charge in [-0.15, -0.1) is 0 Å². The van der Waals surface area contributed by atoms with Gasteiger partial charge in [0.05, 0.1) is 6.04 Å². The van der Waals surface area contributed by atoms with Gasteiger partial charge in [-0.1, -0.05) is 60.7 Å². The van der Waals surface area contributed by atoms with E-state index in [1.165, 1.54) is 6.92 Å². The predicted molar refractivity (Wildman–Crippen MR) is 174 cm³/mol. The summed E-state index contributed by atoms with van der Waals surface area (Å²) >= 11 is 0. The van der Waals surface area contributed by atoms with Crippen LogP contribution in [0.25, 0.3) is 0 Å². The average molecular weight is 634 g/mol. The molecule has 2 aliphatic rings. The van der Waals surface area contributed by atoms with E-state index in [-0.39, 0.29) is 42.8 Å². The van der Waals surface area contributed by atoms with E-state index < -0.39 is 36.0 Å². The number of nitrogens with zero attached hydrogens (tertiary/aromatic N) is 1. The number of fused-ring (bicyclic) bond motifs is 1. The van der Waals surface area contributed by atoms with Crippen molar-refractivity contribution in [3.8, 4) is 0 Å². The molecule has 0 saturated carbocycles. The molecule has 0 unspecified atom stereocenters. The second-order valence-corrected chi connectivity index (χ2v) is 12.1. The van der Waals surface area contributed by atoms with Gasteiger partial charge in [-0.25, -0.2) is 0 Å². The fraction of sp³-hybridized carbons (Fsp3) is 0.500. The largest absolute Gasteiger partial charge is 0.355 e. The molecular weight excluding hydrogens is 586 g/mol. The molecule has 2 aromatic carbocycles. The molecule has 2 heterocycles. The van der Waals surface area contributed by atoms with Crippen molar-refractivity contribution in [3.63, 3.8) is 0 Å². The number of amides is 5. The minimum absolute atomic E-state index is 0.148. The van der Waals surface area contributed by atoms with Crippen LogP contribution < -0.4 is 31.9 Å². The van der Waals surface area contributed by atoms with Gasteiger partial charge in [0.2, 0.25) is 29.5 Å². The molecule has 248 valence electrons. The fourth-order valence-electron chi connectivity index (χ4n) is 6.21. The number of carbonyl (C=O) groups excluding carboxylic acids is 5. The Balaban J connectivity index is 1.51. The topological polar surface area (TPSA) is 161 Å². The Labute approximate surface area is 270 Å². The molecular formula is C34H47N7O5. The summed E-state index contributed by atoms with van der Waals surface area (Å²) in [6, 6.07) is 15.7. The Hall–Kier alpha value is -4.29. The van der Waals surface area contributed by atoms with E-state index in [1.807, 2.05) is 36.4 Å². The molecule has 46 heavy (non-hydrogen) atoms. The summed E-state index contributed by atoms with van der Waals surface area (Å²) in [5.41, 5.74) is 1.72. The number of likely N-dealkylation sites (N-methyl/N-ethyl adjacent to an activating group) is 1. The lowest BCUT2D eigenvalue weighted by atomic mass is 9.92. The molecule has 2 aliphatic heterocycles. The highest BCUT2D eigenvalue weighted by Crippen LogP contribution is 2.34. The van der Waals surface area contributed by atoms with Crippen LogP contribution in [0.5, 0.6) is 0 Å². The van der Waals surface area contributed by atoms with Gasteiger partial charge in [-0.2, -0.15) is 0 Å². The first-order valence-corrected chi connectivity index (χ1v) is 16.1. The van der Waals surface area contributed by atoms with Crippen molar-refractivity contribution in [1.82, 2.24) is 36.8 Å². The first kappa shape index (κ1) is 34.6. The second kappa shape index (κ2) is 16.9. The summed E-state index contributed by atoms with van der Waals surface area (Å²) in [6.45, 7) is 4.73. The standard InChI is InChI=1S/C34H47N7O5/c1-22(35-3)31(43)40-30-26(21-36-20-24-10-6-4-7-11-24)14-15-27-16-17-28(41(27)34(30)46)32(44)39-29(25-12-8-5-9-13-25)33(45)38-19-18-37-23(2)42/h4-13,22,26-30,35-36H,14-21H2,1-3H3,(H,37,42)(H,38,45)(H,39,44)(H,40,43)/t22-,26+,27-,28-,29-,30-/m0/s1. The van der Waals surface area contributed by atoms with Gasteiger partial charge in [0.25, 0.3) is 0 Å². The van der Waals surface area contributed by atoms with E-state index in [0.29, 0.717) is 44.3 Å². The molecule has 12 heteroatoms. The highest BCUT2D eigenvalue weighted by molar-refractivity contribution is 5.96. The number of hydrogen-bond donors (Lipinski definition) is 6. The van der Waals surface area contributed by atoms with Gasteiger partial charge in [0.1, 0.15) is 18.1 Å². The molecule has 5 amide bonds. The SMILES string of the molecule is CN[C@@H](C)C(=O)N[C@@H]1C(=O)N2[C@@H](CC[C@@H]1CNCc1ccccc1)CC[C@H]2C(=O)N[C@H](C(=O)NCCNC(C)=O)c1ccccc1. The van der Waals surface area contributed by atoms with Gasteiger partial charge in [0.15, 0.2) is 0 Å². The molecule has 2 saturated heterocycles. The molecule has 2 aromatic rings. The number of nitrogens with one attached hydrogen (secondary N) is 6. The van der Waals surface area contributed by atoms with Gasteiger partial charge in [-0.05, 0) is 50.8 Å². The lowest BCUT2D eigenvalue weighted by Crippen LogP contribution is -2.59. The van der Waals surface area contributed by atoms with Crippen LogP contribution in [0.4, 0.5) is 0 Å².